The molecular weight excluding hydrogens is 117 g/mol. The standard InChI is InChI=1S/C7H10FN/c1-2-3-4-5-7(9)6-8/h2-5H,1,6,9H2/b4-3-,7-5+. The Morgan fingerprint density at radius 2 is 2.22 bits per heavy atom. The maximum Gasteiger partial charge on any atom is 0.129 e. The second-order valence-corrected chi connectivity index (χ2v) is 1.50. The van der Waals surface area contributed by atoms with Crippen LogP contribution in [0.25, 0.3) is 0 Å². The Bertz CT molecular complexity index is 136. The number of halogens is 1. The van der Waals surface area contributed by atoms with Crippen molar-refractivity contribution in [1.82, 2.24) is 0 Å². The fourth-order valence-corrected chi connectivity index (χ4v) is 0.302. The van der Waals surface area contributed by atoms with Gasteiger partial charge in [-0.3, -0.25) is 0 Å². The van der Waals surface area contributed by atoms with Gasteiger partial charge in [-0.25, -0.2) is 4.39 Å². The summed E-state index contributed by atoms with van der Waals surface area (Å²) in [6.07, 6.45) is 6.42. The maximum atomic E-state index is 11.6. The summed E-state index contributed by atoms with van der Waals surface area (Å²) in [5, 5.41) is 0. The number of rotatable bonds is 3. The molecule has 0 atom stereocenters. The summed E-state index contributed by atoms with van der Waals surface area (Å²) in [5.74, 6) is 0. The Hall–Kier alpha value is -1.05. The average molecular weight is 127 g/mol. The van der Waals surface area contributed by atoms with E-state index in [0.29, 0.717) is 0 Å². The van der Waals surface area contributed by atoms with Gasteiger partial charge >= 0.3 is 0 Å². The van der Waals surface area contributed by atoms with E-state index in [0.717, 1.165) is 0 Å². The van der Waals surface area contributed by atoms with Gasteiger partial charge < -0.3 is 5.73 Å². The molecule has 0 aliphatic carbocycles. The van der Waals surface area contributed by atoms with E-state index in [4.69, 9.17) is 5.73 Å². The summed E-state index contributed by atoms with van der Waals surface area (Å²) < 4.78 is 11.6. The molecule has 0 aliphatic rings. The highest BCUT2D eigenvalue weighted by molar-refractivity contribution is 5.13. The van der Waals surface area contributed by atoms with Crippen molar-refractivity contribution in [3.63, 3.8) is 0 Å². The lowest BCUT2D eigenvalue weighted by atomic mass is 10.4. The van der Waals surface area contributed by atoms with Crippen LogP contribution >= 0.6 is 0 Å². The lowest BCUT2D eigenvalue weighted by molar-refractivity contribution is 0.540. The monoisotopic (exact) mass is 127 g/mol. The predicted octanol–water partition coefficient (Wildman–Crippen LogP) is 1.54. The van der Waals surface area contributed by atoms with Gasteiger partial charge in [-0.1, -0.05) is 24.8 Å². The van der Waals surface area contributed by atoms with Gasteiger partial charge in [0, 0.05) is 5.70 Å². The van der Waals surface area contributed by atoms with Gasteiger partial charge in [0.25, 0.3) is 0 Å². The van der Waals surface area contributed by atoms with Crippen LogP contribution in [0.2, 0.25) is 0 Å². The molecule has 0 aliphatic heterocycles. The van der Waals surface area contributed by atoms with Crippen molar-refractivity contribution in [2.45, 2.75) is 0 Å². The van der Waals surface area contributed by atoms with Crippen LogP contribution in [0.5, 0.6) is 0 Å². The van der Waals surface area contributed by atoms with E-state index in [1.54, 1.807) is 18.2 Å². The van der Waals surface area contributed by atoms with E-state index in [2.05, 4.69) is 6.58 Å². The molecule has 0 aromatic carbocycles. The molecule has 0 aromatic heterocycles. The van der Waals surface area contributed by atoms with E-state index in [1.807, 2.05) is 0 Å². The fourth-order valence-electron chi connectivity index (χ4n) is 0.302. The van der Waals surface area contributed by atoms with Crippen LogP contribution in [-0.2, 0) is 0 Å². The zero-order chi connectivity index (χ0) is 7.11. The number of allylic oxidation sites excluding steroid dienone is 5. The lowest BCUT2D eigenvalue weighted by Crippen LogP contribution is -1.96. The van der Waals surface area contributed by atoms with Gasteiger partial charge in [0.1, 0.15) is 6.67 Å². The molecule has 50 valence electrons. The third-order valence-electron chi connectivity index (χ3n) is 0.712. The first-order chi connectivity index (χ1) is 4.31. The molecular formula is C7H10FN. The van der Waals surface area contributed by atoms with Crippen LogP contribution in [0.4, 0.5) is 4.39 Å². The van der Waals surface area contributed by atoms with Crippen LogP contribution in [0.1, 0.15) is 0 Å². The zero-order valence-corrected chi connectivity index (χ0v) is 5.18. The molecule has 0 unspecified atom stereocenters. The van der Waals surface area contributed by atoms with Crippen molar-refractivity contribution in [2.24, 2.45) is 5.73 Å². The van der Waals surface area contributed by atoms with Crippen molar-refractivity contribution >= 4 is 0 Å². The molecule has 9 heavy (non-hydrogen) atoms. The summed E-state index contributed by atoms with van der Waals surface area (Å²) in [7, 11) is 0. The predicted molar refractivity (Wildman–Crippen MR) is 37.6 cm³/mol. The molecule has 0 fully saturated rings. The van der Waals surface area contributed by atoms with Gasteiger partial charge in [-0.15, -0.1) is 0 Å². The maximum absolute atomic E-state index is 11.6. The van der Waals surface area contributed by atoms with E-state index in [1.165, 1.54) is 6.08 Å². The molecule has 0 heterocycles. The van der Waals surface area contributed by atoms with E-state index >= 15 is 0 Å². The zero-order valence-electron chi connectivity index (χ0n) is 5.18. The Morgan fingerprint density at radius 1 is 1.56 bits per heavy atom. The Balaban J connectivity index is 3.67. The largest absolute Gasteiger partial charge is 0.400 e. The second-order valence-electron chi connectivity index (χ2n) is 1.50. The molecule has 0 rings (SSSR count). The summed E-state index contributed by atoms with van der Waals surface area (Å²) >= 11 is 0. The number of hydrogen-bond donors (Lipinski definition) is 1. The lowest BCUT2D eigenvalue weighted by Gasteiger charge is -1.85. The highest BCUT2D eigenvalue weighted by atomic mass is 19.1. The molecule has 0 bridgehead atoms. The van der Waals surface area contributed by atoms with Gasteiger partial charge in [0.15, 0.2) is 0 Å². The molecule has 2 heteroatoms. The minimum absolute atomic E-state index is 0.230. The van der Waals surface area contributed by atoms with Crippen LogP contribution in [0.15, 0.2) is 36.6 Å². The van der Waals surface area contributed by atoms with Crippen LogP contribution in [0, 0.1) is 0 Å². The molecule has 0 aromatic rings. The van der Waals surface area contributed by atoms with Gasteiger partial charge in [-0.05, 0) is 6.08 Å². The van der Waals surface area contributed by atoms with Crippen molar-refractivity contribution in [1.29, 1.82) is 0 Å². The first-order valence-electron chi connectivity index (χ1n) is 2.61. The first-order valence-corrected chi connectivity index (χ1v) is 2.61. The molecule has 0 saturated carbocycles. The number of nitrogens with two attached hydrogens (primary N) is 1. The van der Waals surface area contributed by atoms with Crippen LogP contribution < -0.4 is 5.73 Å². The molecule has 0 radical (unpaired) electrons. The Kier molecular flexibility index (Phi) is 4.50. The van der Waals surface area contributed by atoms with Gasteiger partial charge in [-0.2, -0.15) is 0 Å². The molecule has 0 spiro atoms. The fraction of sp³-hybridized carbons (Fsp3) is 0.143. The summed E-state index contributed by atoms with van der Waals surface area (Å²) in [4.78, 5) is 0. The topological polar surface area (TPSA) is 26.0 Å². The summed E-state index contributed by atoms with van der Waals surface area (Å²) in [6.45, 7) is 2.84. The van der Waals surface area contributed by atoms with Crippen LogP contribution in [0.3, 0.4) is 0 Å². The number of hydrogen-bond acceptors (Lipinski definition) is 1. The first kappa shape index (κ1) is 7.95. The third-order valence-corrected chi connectivity index (χ3v) is 0.712. The van der Waals surface area contributed by atoms with Crippen molar-refractivity contribution in [3.8, 4) is 0 Å². The van der Waals surface area contributed by atoms with Crippen molar-refractivity contribution in [3.05, 3.63) is 36.6 Å². The minimum Gasteiger partial charge on any atom is -0.400 e. The SMILES string of the molecule is C=C/C=C\C=C(\N)CF. The van der Waals surface area contributed by atoms with Crippen LogP contribution in [-0.4, -0.2) is 6.67 Å². The quantitative estimate of drug-likeness (QED) is 0.572. The van der Waals surface area contributed by atoms with E-state index < -0.39 is 6.67 Å². The summed E-state index contributed by atoms with van der Waals surface area (Å²) in [6, 6.07) is 0. The average Bonchev–Trinajstić information content (AvgIpc) is 1.89. The smallest absolute Gasteiger partial charge is 0.129 e. The summed E-state index contributed by atoms with van der Waals surface area (Å²) in [5.41, 5.74) is 5.34. The normalized spacial score (nSPS) is 12.3. The van der Waals surface area contributed by atoms with Gasteiger partial charge in [0.05, 0.1) is 0 Å². The minimum atomic E-state index is -0.596. The molecule has 2 N–H and O–H groups in total. The van der Waals surface area contributed by atoms with E-state index in [-0.39, 0.29) is 5.70 Å². The highest BCUT2D eigenvalue weighted by Crippen LogP contribution is 1.85. The highest BCUT2D eigenvalue weighted by Gasteiger charge is 1.79. The van der Waals surface area contributed by atoms with Crippen molar-refractivity contribution < 1.29 is 4.39 Å². The molecule has 0 amide bonds. The Labute approximate surface area is 54.4 Å². The molecule has 1 nitrogen and oxygen atoms in total. The van der Waals surface area contributed by atoms with E-state index in [9.17, 15) is 4.39 Å². The van der Waals surface area contributed by atoms with Gasteiger partial charge in [0.2, 0.25) is 0 Å². The number of alkyl halides is 1. The molecule has 0 saturated heterocycles. The van der Waals surface area contributed by atoms with Crippen molar-refractivity contribution in [2.75, 3.05) is 6.67 Å². The Morgan fingerprint density at radius 3 is 2.67 bits per heavy atom. The second kappa shape index (κ2) is 5.09. The third kappa shape index (κ3) is 4.81.